The molecular formula is C17H14F2N4O4S. The van der Waals surface area contributed by atoms with Gasteiger partial charge in [0.1, 0.15) is 18.1 Å². The van der Waals surface area contributed by atoms with E-state index in [4.69, 9.17) is 21.4 Å². The van der Waals surface area contributed by atoms with Gasteiger partial charge in [-0.2, -0.15) is 14.9 Å². The van der Waals surface area contributed by atoms with Crippen LogP contribution in [0.3, 0.4) is 0 Å². The molecular weight excluding hydrogens is 394 g/mol. The number of nitrogens with one attached hydrogen (secondary N) is 1. The van der Waals surface area contributed by atoms with Gasteiger partial charge in [0.25, 0.3) is 6.43 Å². The minimum atomic E-state index is -2.83. The number of carbonyl (C=O) groups is 1. The number of alkyl halides is 2. The van der Waals surface area contributed by atoms with Gasteiger partial charge in [-0.3, -0.25) is 0 Å². The summed E-state index contributed by atoms with van der Waals surface area (Å²) in [6, 6.07) is 9.90. The Bertz CT molecular complexity index is 1060. The van der Waals surface area contributed by atoms with Crippen LogP contribution in [0.25, 0.3) is 0 Å². The minimum Gasteiger partial charge on any atom is -0.485 e. The van der Waals surface area contributed by atoms with Crippen molar-refractivity contribution >= 4 is 24.4 Å². The molecule has 11 heteroatoms. The summed E-state index contributed by atoms with van der Waals surface area (Å²) in [6.07, 6.45) is -1.51. The van der Waals surface area contributed by atoms with Crippen molar-refractivity contribution in [2.24, 2.45) is 5.10 Å². The van der Waals surface area contributed by atoms with Crippen LogP contribution in [0.4, 0.5) is 8.78 Å². The van der Waals surface area contributed by atoms with Gasteiger partial charge in [-0.1, -0.05) is 12.1 Å². The maximum atomic E-state index is 12.9. The molecule has 0 fully saturated rings. The lowest BCUT2D eigenvalue weighted by Crippen LogP contribution is -2.01. The van der Waals surface area contributed by atoms with E-state index in [1.807, 2.05) is 0 Å². The Labute approximate surface area is 162 Å². The van der Waals surface area contributed by atoms with Gasteiger partial charge in [-0.05, 0) is 36.5 Å². The van der Waals surface area contributed by atoms with E-state index in [1.54, 1.807) is 30.3 Å². The lowest BCUT2D eigenvalue weighted by atomic mass is 10.2. The summed E-state index contributed by atoms with van der Waals surface area (Å²) in [5.41, 5.74) is 0.519. The smallest absolute Gasteiger partial charge is 0.373 e. The highest BCUT2D eigenvalue weighted by Crippen LogP contribution is 2.20. The summed E-state index contributed by atoms with van der Waals surface area (Å²) in [5.74, 6) is -0.291. The first-order valence-corrected chi connectivity index (χ1v) is 8.29. The molecule has 8 nitrogen and oxygen atoms in total. The largest absolute Gasteiger partial charge is 0.485 e. The Hall–Kier alpha value is -3.34. The molecule has 0 aliphatic heterocycles. The summed E-state index contributed by atoms with van der Waals surface area (Å²) in [5, 5.41) is 9.68. The van der Waals surface area contributed by atoms with Gasteiger partial charge >= 0.3 is 5.97 Å². The van der Waals surface area contributed by atoms with Gasteiger partial charge in [0.15, 0.2) is 0 Å². The number of halogens is 2. The third kappa shape index (κ3) is 4.31. The highest BCUT2D eigenvalue weighted by molar-refractivity contribution is 7.71. The molecule has 0 atom stereocenters. The topological polar surface area (TPSA) is 94.6 Å². The van der Waals surface area contributed by atoms with Crippen molar-refractivity contribution in [3.63, 3.8) is 0 Å². The minimum absolute atomic E-state index is 0.0370. The number of esters is 1. The van der Waals surface area contributed by atoms with Gasteiger partial charge in [-0.15, -0.1) is 0 Å². The highest BCUT2D eigenvalue weighted by atomic mass is 32.1. The molecule has 0 saturated carbocycles. The van der Waals surface area contributed by atoms with E-state index in [0.29, 0.717) is 17.1 Å². The summed E-state index contributed by atoms with van der Waals surface area (Å²) in [4.78, 5) is 11.4. The second-order valence-electron chi connectivity index (χ2n) is 5.33. The maximum Gasteiger partial charge on any atom is 0.373 e. The fourth-order valence-corrected chi connectivity index (χ4v) is 2.40. The number of benzene rings is 1. The second kappa shape index (κ2) is 8.57. The molecule has 28 heavy (non-hydrogen) atoms. The number of ether oxygens (including phenoxy) is 2. The van der Waals surface area contributed by atoms with Gasteiger partial charge < -0.3 is 13.9 Å². The number of aromatic nitrogens is 3. The average Bonchev–Trinajstić information content (AvgIpc) is 3.31. The number of hydrogen-bond donors (Lipinski definition) is 1. The zero-order valence-corrected chi connectivity index (χ0v) is 15.3. The van der Waals surface area contributed by atoms with Crippen LogP contribution in [0.5, 0.6) is 5.75 Å². The molecule has 0 saturated heterocycles. The van der Waals surface area contributed by atoms with Crippen molar-refractivity contribution < 1.29 is 27.5 Å². The standard InChI is InChI=1S/C17H14F2N4O4S/c1-25-16(24)13-7-6-11(27-13)9-26-12-5-3-2-4-10(12)8-20-23-15(14(18)19)21-22-17(23)28/h2-8,14H,9H2,1H3,(H,22,28). The Kier molecular flexibility index (Phi) is 5.94. The van der Waals surface area contributed by atoms with Gasteiger partial charge in [0.2, 0.25) is 16.4 Å². The first-order valence-electron chi connectivity index (χ1n) is 7.88. The Morgan fingerprint density at radius 3 is 2.93 bits per heavy atom. The Morgan fingerprint density at radius 2 is 2.18 bits per heavy atom. The van der Waals surface area contributed by atoms with Crippen LogP contribution in [0.1, 0.15) is 34.1 Å². The van der Waals surface area contributed by atoms with Crippen LogP contribution in [0.15, 0.2) is 45.9 Å². The third-order valence-electron chi connectivity index (χ3n) is 3.52. The van der Waals surface area contributed by atoms with Gasteiger partial charge in [0, 0.05) is 5.56 Å². The molecule has 146 valence electrons. The predicted octanol–water partition coefficient (Wildman–Crippen LogP) is 3.72. The molecule has 3 rings (SSSR count). The molecule has 0 spiro atoms. The van der Waals surface area contributed by atoms with E-state index >= 15 is 0 Å². The van der Waals surface area contributed by atoms with Crippen LogP contribution in [-0.4, -0.2) is 34.2 Å². The van der Waals surface area contributed by atoms with Crippen molar-refractivity contribution in [2.75, 3.05) is 7.11 Å². The predicted molar refractivity (Wildman–Crippen MR) is 96.2 cm³/mol. The zero-order chi connectivity index (χ0) is 20.1. The van der Waals surface area contributed by atoms with Crippen LogP contribution >= 0.6 is 12.2 Å². The molecule has 0 unspecified atom stereocenters. The van der Waals surface area contributed by atoms with Gasteiger partial charge in [0.05, 0.1) is 13.3 Å². The summed E-state index contributed by atoms with van der Waals surface area (Å²) >= 11 is 4.91. The molecule has 3 aromatic rings. The van der Waals surface area contributed by atoms with E-state index in [0.717, 1.165) is 4.68 Å². The van der Waals surface area contributed by atoms with E-state index in [1.165, 1.54) is 19.4 Å². The van der Waals surface area contributed by atoms with E-state index in [-0.39, 0.29) is 17.1 Å². The summed E-state index contributed by atoms with van der Waals surface area (Å²) in [6.45, 7) is 0.0370. The summed E-state index contributed by atoms with van der Waals surface area (Å²) in [7, 11) is 1.25. The fraction of sp³-hybridized carbons (Fsp3) is 0.176. The normalized spacial score (nSPS) is 11.3. The molecule has 2 heterocycles. The van der Waals surface area contributed by atoms with E-state index in [9.17, 15) is 13.6 Å². The van der Waals surface area contributed by atoms with Crippen LogP contribution < -0.4 is 4.74 Å². The number of H-pyrrole nitrogens is 1. The molecule has 2 aromatic heterocycles. The van der Waals surface area contributed by atoms with Crippen LogP contribution in [0, 0.1) is 4.77 Å². The number of hydrogen-bond acceptors (Lipinski definition) is 7. The first kappa shape index (κ1) is 19.4. The van der Waals surface area contributed by atoms with Crippen molar-refractivity contribution in [3.8, 4) is 5.75 Å². The number of aromatic amines is 1. The van der Waals surface area contributed by atoms with E-state index < -0.39 is 18.2 Å². The summed E-state index contributed by atoms with van der Waals surface area (Å²) < 4.78 is 42.3. The first-order chi connectivity index (χ1) is 13.5. The molecule has 0 amide bonds. The third-order valence-corrected chi connectivity index (χ3v) is 3.78. The molecule has 0 bridgehead atoms. The number of nitrogens with zero attached hydrogens (tertiary/aromatic N) is 3. The lowest BCUT2D eigenvalue weighted by Gasteiger charge is -2.07. The van der Waals surface area contributed by atoms with Crippen molar-refractivity contribution in [1.82, 2.24) is 14.9 Å². The Balaban J connectivity index is 1.77. The van der Waals surface area contributed by atoms with Crippen molar-refractivity contribution in [2.45, 2.75) is 13.0 Å². The van der Waals surface area contributed by atoms with Gasteiger partial charge in [-0.25, -0.2) is 18.7 Å². The molecule has 1 aromatic carbocycles. The van der Waals surface area contributed by atoms with Crippen LogP contribution in [0.2, 0.25) is 0 Å². The number of methoxy groups -OCH3 is 1. The number of furan rings is 1. The quantitative estimate of drug-likeness (QED) is 0.364. The maximum absolute atomic E-state index is 12.9. The highest BCUT2D eigenvalue weighted by Gasteiger charge is 2.16. The fourth-order valence-electron chi connectivity index (χ4n) is 2.21. The SMILES string of the molecule is COC(=O)c1ccc(COc2ccccc2C=Nn2c(C(F)F)n[nH]c2=S)o1. The zero-order valence-electron chi connectivity index (χ0n) is 14.5. The van der Waals surface area contributed by atoms with Crippen LogP contribution in [-0.2, 0) is 11.3 Å². The molecule has 0 aliphatic rings. The van der Waals surface area contributed by atoms with Crippen molar-refractivity contribution in [1.29, 1.82) is 0 Å². The number of carbonyl (C=O) groups excluding carboxylic acids is 1. The number of para-hydroxylation sites is 1. The monoisotopic (exact) mass is 408 g/mol. The average molecular weight is 408 g/mol. The molecule has 0 aliphatic carbocycles. The van der Waals surface area contributed by atoms with E-state index in [2.05, 4.69) is 20.0 Å². The molecule has 0 radical (unpaired) electrons. The number of rotatable bonds is 7. The lowest BCUT2D eigenvalue weighted by molar-refractivity contribution is 0.0561. The second-order valence-corrected chi connectivity index (χ2v) is 5.71. The molecule has 1 N–H and O–H groups in total. The Morgan fingerprint density at radius 1 is 1.39 bits per heavy atom. The van der Waals surface area contributed by atoms with Crippen molar-refractivity contribution in [3.05, 3.63) is 64.1 Å².